The molecule has 0 aliphatic carbocycles. The monoisotopic (exact) mass is 248 g/mol. The quantitative estimate of drug-likeness (QED) is 0.853. The zero-order valence-corrected chi connectivity index (χ0v) is 11.2. The molecule has 1 fully saturated rings. The van der Waals surface area contributed by atoms with Crippen LogP contribution in [-0.2, 0) is 0 Å². The van der Waals surface area contributed by atoms with Crippen molar-refractivity contribution in [1.82, 2.24) is 10.2 Å². The van der Waals surface area contributed by atoms with Gasteiger partial charge >= 0.3 is 0 Å². The van der Waals surface area contributed by atoms with E-state index in [1.807, 2.05) is 0 Å². The maximum Gasteiger partial charge on any atom is 0.0446 e. The van der Waals surface area contributed by atoms with Gasteiger partial charge in [0.25, 0.3) is 0 Å². The van der Waals surface area contributed by atoms with E-state index in [1.54, 1.807) is 0 Å². The molecule has 1 aromatic carbocycles. The molecule has 0 saturated carbocycles. The summed E-state index contributed by atoms with van der Waals surface area (Å²) < 4.78 is 0. The molecule has 1 saturated heterocycles. The van der Waals surface area contributed by atoms with Crippen molar-refractivity contribution < 1.29 is 5.11 Å². The number of hydrogen-bond acceptors (Lipinski definition) is 3. The van der Waals surface area contributed by atoms with Gasteiger partial charge in [0.15, 0.2) is 0 Å². The van der Waals surface area contributed by atoms with Crippen molar-refractivity contribution in [3.8, 4) is 0 Å². The van der Waals surface area contributed by atoms with Crippen LogP contribution in [0, 0.1) is 0 Å². The van der Waals surface area contributed by atoms with Gasteiger partial charge in [0.2, 0.25) is 0 Å². The maximum absolute atomic E-state index is 9.23. The summed E-state index contributed by atoms with van der Waals surface area (Å²) in [7, 11) is 0. The van der Waals surface area contributed by atoms with Crippen molar-refractivity contribution >= 4 is 0 Å². The second-order valence-corrected chi connectivity index (χ2v) is 5.05. The molecule has 0 bridgehead atoms. The van der Waals surface area contributed by atoms with E-state index in [4.69, 9.17) is 0 Å². The number of rotatable bonds is 4. The van der Waals surface area contributed by atoms with Gasteiger partial charge in [0.05, 0.1) is 0 Å². The fourth-order valence-electron chi connectivity index (χ4n) is 2.80. The van der Waals surface area contributed by atoms with E-state index in [0.717, 1.165) is 26.1 Å². The molecule has 1 aliphatic heterocycles. The van der Waals surface area contributed by atoms with Crippen molar-refractivity contribution in [3.05, 3.63) is 35.9 Å². The smallest absolute Gasteiger partial charge is 0.0446 e. The van der Waals surface area contributed by atoms with Gasteiger partial charge in [-0.1, -0.05) is 30.3 Å². The van der Waals surface area contributed by atoms with E-state index < -0.39 is 0 Å². The van der Waals surface area contributed by atoms with Crippen molar-refractivity contribution in [3.63, 3.8) is 0 Å². The van der Waals surface area contributed by atoms with E-state index in [-0.39, 0.29) is 6.61 Å². The first-order chi connectivity index (χ1) is 8.83. The number of nitrogens with one attached hydrogen (secondary N) is 1. The van der Waals surface area contributed by atoms with Crippen molar-refractivity contribution in [1.29, 1.82) is 0 Å². The molecule has 2 atom stereocenters. The predicted molar refractivity (Wildman–Crippen MR) is 74.5 cm³/mol. The summed E-state index contributed by atoms with van der Waals surface area (Å²) in [5.41, 5.74) is 1.36. The number of aliphatic hydroxyl groups is 1. The minimum Gasteiger partial charge on any atom is -0.396 e. The summed E-state index contributed by atoms with van der Waals surface area (Å²) in [5.74, 6) is 0. The lowest BCUT2D eigenvalue weighted by Crippen LogP contribution is -2.41. The highest BCUT2D eigenvalue weighted by Crippen LogP contribution is 2.24. The number of benzene rings is 1. The van der Waals surface area contributed by atoms with E-state index in [1.165, 1.54) is 12.0 Å². The summed E-state index contributed by atoms with van der Waals surface area (Å²) in [6.45, 7) is 5.71. The van der Waals surface area contributed by atoms with Gasteiger partial charge in [-0.2, -0.15) is 0 Å². The molecule has 1 aromatic rings. The lowest BCUT2D eigenvalue weighted by Gasteiger charge is -2.35. The first kappa shape index (κ1) is 13.5. The molecule has 1 aliphatic rings. The zero-order valence-electron chi connectivity index (χ0n) is 11.2. The van der Waals surface area contributed by atoms with E-state index >= 15 is 0 Å². The van der Waals surface area contributed by atoms with E-state index in [2.05, 4.69) is 47.5 Å². The van der Waals surface area contributed by atoms with Crippen LogP contribution in [-0.4, -0.2) is 42.3 Å². The molecule has 0 radical (unpaired) electrons. The highest BCUT2D eigenvalue weighted by atomic mass is 16.3. The Hall–Kier alpha value is -0.900. The number of nitrogens with zero attached hydrogens (tertiary/aromatic N) is 1. The second kappa shape index (κ2) is 6.88. The minimum atomic E-state index is 0.268. The molecule has 3 nitrogen and oxygen atoms in total. The van der Waals surface area contributed by atoms with Crippen LogP contribution < -0.4 is 5.32 Å². The van der Waals surface area contributed by atoms with Crippen LogP contribution >= 0.6 is 0 Å². The molecular formula is C15H24N2O. The van der Waals surface area contributed by atoms with Gasteiger partial charge in [-0.05, 0) is 31.9 Å². The number of aliphatic hydroxyl groups excluding tert-OH is 1. The summed E-state index contributed by atoms with van der Waals surface area (Å²) in [5, 5.41) is 12.7. The SMILES string of the molecule is CC(c1ccccc1)N1CCCNCC1CCO. The van der Waals surface area contributed by atoms with Gasteiger partial charge < -0.3 is 10.4 Å². The summed E-state index contributed by atoms with van der Waals surface area (Å²) in [4.78, 5) is 2.53. The Balaban J connectivity index is 2.11. The Kier molecular flexibility index (Phi) is 5.17. The second-order valence-electron chi connectivity index (χ2n) is 5.05. The van der Waals surface area contributed by atoms with Crippen molar-refractivity contribution in [2.24, 2.45) is 0 Å². The van der Waals surface area contributed by atoms with Crippen LogP contribution in [0.5, 0.6) is 0 Å². The number of hydrogen-bond donors (Lipinski definition) is 2. The Labute approximate surface area is 110 Å². The zero-order chi connectivity index (χ0) is 12.8. The molecule has 2 N–H and O–H groups in total. The highest BCUT2D eigenvalue weighted by Gasteiger charge is 2.25. The lowest BCUT2D eigenvalue weighted by molar-refractivity contribution is 0.126. The van der Waals surface area contributed by atoms with E-state index in [0.29, 0.717) is 12.1 Å². The third-order valence-corrected chi connectivity index (χ3v) is 3.86. The van der Waals surface area contributed by atoms with Crippen LogP contribution in [0.3, 0.4) is 0 Å². The Morgan fingerprint density at radius 1 is 1.39 bits per heavy atom. The largest absolute Gasteiger partial charge is 0.396 e. The average Bonchev–Trinajstić information content (AvgIpc) is 2.65. The lowest BCUT2D eigenvalue weighted by atomic mass is 10.0. The fraction of sp³-hybridized carbons (Fsp3) is 0.600. The highest BCUT2D eigenvalue weighted by molar-refractivity contribution is 5.18. The average molecular weight is 248 g/mol. The molecule has 100 valence electrons. The molecule has 0 aromatic heterocycles. The van der Waals surface area contributed by atoms with Crippen molar-refractivity contribution in [2.45, 2.75) is 31.8 Å². The molecule has 0 amide bonds. The summed E-state index contributed by atoms with van der Waals surface area (Å²) in [6.07, 6.45) is 2.03. The molecule has 18 heavy (non-hydrogen) atoms. The minimum absolute atomic E-state index is 0.268. The molecule has 2 rings (SSSR count). The van der Waals surface area contributed by atoms with Crippen LogP contribution in [0.1, 0.15) is 31.4 Å². The molecule has 2 unspecified atom stereocenters. The van der Waals surface area contributed by atoms with Gasteiger partial charge in [-0.3, -0.25) is 4.90 Å². The summed E-state index contributed by atoms with van der Waals surface area (Å²) >= 11 is 0. The standard InChI is InChI=1S/C15H24N2O/c1-13(14-6-3-2-4-7-14)17-10-5-9-16-12-15(17)8-11-18/h2-4,6-7,13,15-16,18H,5,8-12H2,1H3. The maximum atomic E-state index is 9.23. The van der Waals surface area contributed by atoms with Gasteiger partial charge in [0.1, 0.15) is 0 Å². The summed E-state index contributed by atoms with van der Waals surface area (Å²) in [6, 6.07) is 11.5. The molecule has 0 spiro atoms. The van der Waals surface area contributed by atoms with Gasteiger partial charge in [-0.25, -0.2) is 0 Å². The van der Waals surface area contributed by atoms with Crippen molar-refractivity contribution in [2.75, 3.05) is 26.2 Å². The predicted octanol–water partition coefficient (Wildman–Crippen LogP) is 1.79. The van der Waals surface area contributed by atoms with Crippen LogP contribution in [0.2, 0.25) is 0 Å². The van der Waals surface area contributed by atoms with Crippen LogP contribution in [0.15, 0.2) is 30.3 Å². The molecule has 1 heterocycles. The normalized spacial score (nSPS) is 23.6. The Bertz CT molecular complexity index is 342. The van der Waals surface area contributed by atoms with Gasteiger partial charge in [0, 0.05) is 31.8 Å². The first-order valence-electron chi connectivity index (χ1n) is 6.95. The fourth-order valence-corrected chi connectivity index (χ4v) is 2.80. The van der Waals surface area contributed by atoms with Crippen LogP contribution in [0.25, 0.3) is 0 Å². The molecular weight excluding hydrogens is 224 g/mol. The van der Waals surface area contributed by atoms with Crippen LogP contribution in [0.4, 0.5) is 0 Å². The topological polar surface area (TPSA) is 35.5 Å². The third kappa shape index (κ3) is 3.31. The first-order valence-corrected chi connectivity index (χ1v) is 6.95. The Morgan fingerprint density at radius 2 is 2.17 bits per heavy atom. The van der Waals surface area contributed by atoms with E-state index in [9.17, 15) is 5.11 Å². The third-order valence-electron chi connectivity index (χ3n) is 3.86. The Morgan fingerprint density at radius 3 is 2.89 bits per heavy atom. The van der Waals surface area contributed by atoms with Gasteiger partial charge in [-0.15, -0.1) is 0 Å². The molecule has 3 heteroatoms.